The third-order valence-corrected chi connectivity index (χ3v) is 6.84. The van der Waals surface area contributed by atoms with E-state index in [-0.39, 0.29) is 43.5 Å². The Balaban J connectivity index is 2.20. The van der Waals surface area contributed by atoms with Crippen LogP contribution in [-0.2, 0) is 25.6 Å². The molecule has 2 amide bonds. The van der Waals surface area contributed by atoms with Gasteiger partial charge in [-0.2, -0.15) is 0 Å². The molecule has 0 saturated heterocycles. The fraction of sp³-hybridized carbons (Fsp3) is 0.655. The molecule has 1 aromatic rings. The average molecular weight is 535 g/mol. The molecule has 2 aliphatic rings. The van der Waals surface area contributed by atoms with Gasteiger partial charge in [-0.15, -0.1) is 0 Å². The van der Waals surface area contributed by atoms with Crippen molar-refractivity contribution in [2.24, 2.45) is 17.8 Å². The Morgan fingerprint density at radius 3 is 2.50 bits per heavy atom. The zero-order valence-corrected chi connectivity index (χ0v) is 22.7. The number of amides is 2. The van der Waals surface area contributed by atoms with Gasteiger partial charge in [0.2, 0.25) is 11.8 Å². The van der Waals surface area contributed by atoms with Crippen LogP contribution in [0.15, 0.2) is 24.3 Å². The second-order valence-corrected chi connectivity index (χ2v) is 10.4. The van der Waals surface area contributed by atoms with Crippen LogP contribution in [0.25, 0.3) is 0 Å². The van der Waals surface area contributed by atoms with Crippen LogP contribution in [0.1, 0.15) is 70.8 Å². The fourth-order valence-corrected chi connectivity index (χ4v) is 4.76. The number of halogens is 1. The summed E-state index contributed by atoms with van der Waals surface area (Å²) in [6, 6.07) is 6.44. The molecule has 8 nitrogen and oxygen atoms in total. The summed E-state index contributed by atoms with van der Waals surface area (Å²) >= 11 is 0. The molecule has 38 heavy (non-hydrogen) atoms. The number of unbranched alkanes of at least 4 members (excludes halogenated alkanes) is 2. The maximum atomic E-state index is 13.6. The zero-order valence-electron chi connectivity index (χ0n) is 22.7. The van der Waals surface area contributed by atoms with Gasteiger partial charge >= 0.3 is 0 Å². The van der Waals surface area contributed by atoms with Crippen LogP contribution < -0.4 is 15.4 Å². The lowest BCUT2D eigenvalue weighted by Gasteiger charge is -2.29. The third kappa shape index (κ3) is 10.9. The molecule has 0 aliphatic carbocycles. The Labute approximate surface area is 225 Å². The number of ether oxygens (including phenoxy) is 1. The van der Waals surface area contributed by atoms with Gasteiger partial charge in [-0.3, -0.25) is 23.6 Å². The van der Waals surface area contributed by atoms with Gasteiger partial charge < -0.3 is 20.5 Å². The molecule has 0 unspecified atom stereocenters. The maximum Gasteiger partial charge on any atom is 0.224 e. The minimum Gasteiger partial charge on any atom is -0.494 e. The SMILES string of the molecule is CC(C)C[C@H]1C(=O)N[C@H](C(=O)CCC(=O)NCCCCCF)Cc2ccc(cc2)OCCC[C@@H]1C(=O)CO. The van der Waals surface area contributed by atoms with E-state index in [0.29, 0.717) is 57.4 Å². The molecular weight excluding hydrogens is 491 g/mol. The van der Waals surface area contributed by atoms with E-state index in [0.717, 1.165) is 5.56 Å². The number of Topliss-reactive ketones (excluding diaryl/α,β-unsaturated/α-hetero) is 2. The number of fused-ring (bicyclic) bond motifs is 11. The number of aliphatic hydroxyl groups is 1. The van der Waals surface area contributed by atoms with Crippen LogP contribution in [0.2, 0.25) is 0 Å². The predicted molar refractivity (Wildman–Crippen MR) is 142 cm³/mol. The van der Waals surface area contributed by atoms with Gasteiger partial charge in [0.15, 0.2) is 11.6 Å². The van der Waals surface area contributed by atoms with E-state index >= 15 is 0 Å². The predicted octanol–water partition coefficient (Wildman–Crippen LogP) is 3.33. The molecule has 2 bridgehead atoms. The highest BCUT2D eigenvalue weighted by Crippen LogP contribution is 2.27. The van der Waals surface area contributed by atoms with Gasteiger partial charge in [-0.1, -0.05) is 26.0 Å². The fourth-order valence-electron chi connectivity index (χ4n) is 4.76. The number of alkyl halides is 1. The molecule has 3 rings (SSSR count). The monoisotopic (exact) mass is 534 g/mol. The second-order valence-electron chi connectivity index (χ2n) is 10.4. The van der Waals surface area contributed by atoms with Crippen LogP contribution in [0.3, 0.4) is 0 Å². The lowest BCUT2D eigenvalue weighted by atomic mass is 9.79. The minimum atomic E-state index is -0.867. The molecule has 2 heterocycles. The molecule has 212 valence electrons. The van der Waals surface area contributed by atoms with Crippen LogP contribution in [0.5, 0.6) is 5.75 Å². The van der Waals surface area contributed by atoms with Gasteiger partial charge in [-0.25, -0.2) is 0 Å². The highest BCUT2D eigenvalue weighted by molar-refractivity contribution is 5.94. The first-order chi connectivity index (χ1) is 18.2. The maximum absolute atomic E-state index is 13.6. The molecule has 0 fully saturated rings. The smallest absolute Gasteiger partial charge is 0.224 e. The van der Waals surface area contributed by atoms with E-state index in [4.69, 9.17) is 4.74 Å². The standard InChI is InChI=1S/C29H43FN2O6/c1-20(2)17-24-23(27(35)19-33)7-6-16-38-22-10-8-21(9-11-22)18-25(32-29(24)37)26(34)12-13-28(36)31-15-5-3-4-14-30/h8-11,20,23-25,33H,3-7,12-19H2,1-2H3,(H,31,36)(H,32,37)/t23-,24+,25-/m0/s1. The number of benzene rings is 1. The summed E-state index contributed by atoms with van der Waals surface area (Å²) in [7, 11) is 0. The van der Waals surface area contributed by atoms with Crippen LogP contribution >= 0.6 is 0 Å². The Hall–Kier alpha value is -2.81. The molecule has 0 saturated carbocycles. The first-order valence-corrected chi connectivity index (χ1v) is 13.8. The number of aliphatic hydroxyl groups excluding tert-OH is 1. The number of carbonyl (C=O) groups is 4. The van der Waals surface area contributed by atoms with Crippen molar-refractivity contribution in [3.63, 3.8) is 0 Å². The number of nitrogens with one attached hydrogen (secondary N) is 2. The van der Waals surface area contributed by atoms with Gasteiger partial charge in [0.1, 0.15) is 12.4 Å². The molecule has 0 spiro atoms. The van der Waals surface area contributed by atoms with Gasteiger partial charge in [0.25, 0.3) is 0 Å². The Kier molecular flexibility index (Phi) is 14.0. The first kappa shape index (κ1) is 31.4. The number of carbonyl (C=O) groups excluding carboxylic acids is 4. The summed E-state index contributed by atoms with van der Waals surface area (Å²) in [5, 5.41) is 15.2. The van der Waals surface area contributed by atoms with E-state index in [2.05, 4.69) is 10.6 Å². The molecule has 0 aromatic heterocycles. The highest BCUT2D eigenvalue weighted by atomic mass is 19.1. The van der Waals surface area contributed by atoms with Crippen molar-refractivity contribution in [2.75, 3.05) is 26.4 Å². The van der Waals surface area contributed by atoms with E-state index in [1.165, 1.54) is 0 Å². The minimum absolute atomic E-state index is 0.0118. The number of hydrogen-bond donors (Lipinski definition) is 3. The van der Waals surface area contributed by atoms with E-state index < -0.39 is 36.2 Å². The van der Waals surface area contributed by atoms with Gasteiger partial charge in [0.05, 0.1) is 19.3 Å². The summed E-state index contributed by atoms with van der Waals surface area (Å²) in [5.41, 5.74) is 0.828. The van der Waals surface area contributed by atoms with Crippen molar-refractivity contribution < 1.29 is 33.4 Å². The number of ketones is 2. The van der Waals surface area contributed by atoms with Crippen molar-refractivity contribution in [2.45, 2.75) is 77.7 Å². The van der Waals surface area contributed by atoms with Gasteiger partial charge in [0, 0.05) is 31.2 Å². The molecule has 1 aromatic carbocycles. The van der Waals surface area contributed by atoms with Crippen molar-refractivity contribution >= 4 is 23.4 Å². The van der Waals surface area contributed by atoms with E-state index in [1.807, 2.05) is 26.0 Å². The molecule has 0 radical (unpaired) electrons. The summed E-state index contributed by atoms with van der Waals surface area (Å²) < 4.78 is 18.0. The lowest BCUT2D eigenvalue weighted by molar-refractivity contribution is -0.137. The van der Waals surface area contributed by atoms with Crippen molar-refractivity contribution in [3.05, 3.63) is 29.8 Å². The normalized spacial score (nSPS) is 20.3. The van der Waals surface area contributed by atoms with Crippen LogP contribution in [-0.4, -0.2) is 61.0 Å². The quantitative estimate of drug-likeness (QED) is 0.334. The van der Waals surface area contributed by atoms with E-state index in [9.17, 15) is 28.7 Å². The van der Waals surface area contributed by atoms with E-state index in [1.54, 1.807) is 12.1 Å². The van der Waals surface area contributed by atoms with Crippen molar-refractivity contribution in [1.29, 1.82) is 0 Å². The zero-order chi connectivity index (χ0) is 27.9. The largest absolute Gasteiger partial charge is 0.494 e. The van der Waals surface area contributed by atoms with Gasteiger partial charge in [-0.05, 0) is 68.6 Å². The molecule has 3 N–H and O–H groups in total. The number of rotatable bonds is 13. The third-order valence-electron chi connectivity index (χ3n) is 6.84. The Morgan fingerprint density at radius 2 is 1.84 bits per heavy atom. The molecule has 9 heteroatoms. The Bertz CT molecular complexity index is 905. The second kappa shape index (κ2) is 16.9. The summed E-state index contributed by atoms with van der Waals surface area (Å²) in [6.07, 6.45) is 3.35. The topological polar surface area (TPSA) is 122 Å². The molecule has 3 atom stereocenters. The van der Waals surface area contributed by atoms with Crippen molar-refractivity contribution in [3.8, 4) is 5.75 Å². The summed E-state index contributed by atoms with van der Waals surface area (Å²) in [4.78, 5) is 51.7. The summed E-state index contributed by atoms with van der Waals surface area (Å²) in [6.45, 7) is 3.70. The van der Waals surface area contributed by atoms with Crippen LogP contribution in [0, 0.1) is 17.8 Å². The summed E-state index contributed by atoms with van der Waals surface area (Å²) in [5.74, 6) is -1.92. The molecule has 2 aliphatic heterocycles. The van der Waals surface area contributed by atoms with Crippen LogP contribution in [0.4, 0.5) is 4.39 Å². The highest BCUT2D eigenvalue weighted by Gasteiger charge is 2.35. The van der Waals surface area contributed by atoms with Crippen molar-refractivity contribution in [1.82, 2.24) is 10.6 Å². The lowest BCUT2D eigenvalue weighted by Crippen LogP contribution is -2.48. The average Bonchev–Trinajstić information content (AvgIpc) is 2.90. The number of hydrogen-bond acceptors (Lipinski definition) is 6. The molecular formula is C29H43FN2O6. The first-order valence-electron chi connectivity index (χ1n) is 13.8. The Morgan fingerprint density at radius 1 is 1.11 bits per heavy atom.